The Morgan fingerprint density at radius 2 is 1.89 bits per heavy atom. The molecule has 0 unspecified atom stereocenters. The Bertz CT molecular complexity index is 612. The minimum Gasteiger partial charge on any atom is -0.307 e. The lowest BCUT2D eigenvalue weighted by Crippen LogP contribution is -2.09. The summed E-state index contributed by atoms with van der Waals surface area (Å²) in [6, 6.07) is 8.60. The summed E-state index contributed by atoms with van der Waals surface area (Å²) >= 11 is 11.4. The number of carbonyl (C=O) groups excluding carboxylic acids is 1. The van der Waals surface area contributed by atoms with E-state index in [9.17, 15) is 4.79 Å². The van der Waals surface area contributed by atoms with Gasteiger partial charge < -0.3 is 5.32 Å². The van der Waals surface area contributed by atoms with E-state index >= 15 is 0 Å². The van der Waals surface area contributed by atoms with E-state index in [0.29, 0.717) is 10.8 Å². The van der Waals surface area contributed by atoms with Gasteiger partial charge in [-0.05, 0) is 23.8 Å². The number of amides is 1. The minimum atomic E-state index is -0.301. The average molecular weight is 294 g/mol. The molecule has 0 saturated heterocycles. The SMILES string of the molecule is O=C(/C=C/c1ccc(Cl)cc1)Nc1cc(Cl)ncn1. The fourth-order valence-electron chi connectivity index (χ4n) is 1.32. The number of benzene rings is 1. The molecule has 1 heterocycles. The summed E-state index contributed by atoms with van der Waals surface area (Å²) in [4.78, 5) is 19.2. The number of carbonyl (C=O) groups is 1. The molecule has 0 aliphatic heterocycles. The molecular weight excluding hydrogens is 285 g/mol. The lowest BCUT2D eigenvalue weighted by Gasteiger charge is -2.00. The fourth-order valence-corrected chi connectivity index (χ4v) is 1.59. The average Bonchev–Trinajstić information content (AvgIpc) is 2.38. The van der Waals surface area contributed by atoms with E-state index in [1.807, 2.05) is 12.1 Å². The van der Waals surface area contributed by atoms with Crippen molar-refractivity contribution in [2.45, 2.75) is 0 Å². The quantitative estimate of drug-likeness (QED) is 0.697. The maximum Gasteiger partial charge on any atom is 0.249 e. The van der Waals surface area contributed by atoms with Crippen LogP contribution in [0, 0.1) is 0 Å². The first-order valence-electron chi connectivity index (χ1n) is 5.36. The molecule has 0 atom stereocenters. The first-order chi connectivity index (χ1) is 9.13. The lowest BCUT2D eigenvalue weighted by molar-refractivity contribution is -0.111. The van der Waals surface area contributed by atoms with Gasteiger partial charge in [-0.2, -0.15) is 0 Å². The van der Waals surface area contributed by atoms with Gasteiger partial charge in [-0.1, -0.05) is 35.3 Å². The van der Waals surface area contributed by atoms with Gasteiger partial charge in [-0.3, -0.25) is 4.79 Å². The van der Waals surface area contributed by atoms with Gasteiger partial charge in [-0.15, -0.1) is 0 Å². The molecule has 2 aromatic rings. The normalized spacial score (nSPS) is 10.6. The Kier molecular flexibility index (Phi) is 4.49. The van der Waals surface area contributed by atoms with E-state index in [2.05, 4.69) is 15.3 Å². The first kappa shape index (κ1) is 13.5. The van der Waals surface area contributed by atoms with Crippen molar-refractivity contribution in [3.05, 3.63) is 58.5 Å². The predicted molar refractivity (Wildman–Crippen MR) is 76.2 cm³/mol. The van der Waals surface area contributed by atoms with Gasteiger partial charge in [-0.25, -0.2) is 9.97 Å². The Balaban J connectivity index is 1.99. The van der Waals surface area contributed by atoms with Gasteiger partial charge in [0.1, 0.15) is 17.3 Å². The summed E-state index contributed by atoms with van der Waals surface area (Å²) in [5, 5.41) is 3.50. The molecule has 1 N–H and O–H groups in total. The number of aromatic nitrogens is 2. The standard InChI is InChI=1S/C13H9Cl2N3O/c14-10-4-1-9(2-5-10)3-6-13(19)18-12-7-11(15)16-8-17-12/h1-8H,(H,16,17,18,19)/b6-3+. The summed E-state index contributed by atoms with van der Waals surface area (Å²) in [5.41, 5.74) is 0.875. The zero-order valence-electron chi connectivity index (χ0n) is 9.68. The molecule has 0 saturated carbocycles. The number of nitrogens with one attached hydrogen (secondary N) is 1. The molecule has 0 aliphatic rings. The van der Waals surface area contributed by atoms with Gasteiger partial charge in [0.25, 0.3) is 0 Å². The molecule has 6 heteroatoms. The third kappa shape index (κ3) is 4.35. The topological polar surface area (TPSA) is 54.9 Å². The van der Waals surface area contributed by atoms with Gasteiger partial charge >= 0.3 is 0 Å². The highest BCUT2D eigenvalue weighted by Crippen LogP contribution is 2.11. The van der Waals surface area contributed by atoms with Crippen molar-refractivity contribution in [3.8, 4) is 0 Å². The Morgan fingerprint density at radius 3 is 2.58 bits per heavy atom. The van der Waals surface area contributed by atoms with Gasteiger partial charge in [0.2, 0.25) is 5.91 Å². The number of hydrogen-bond acceptors (Lipinski definition) is 3. The summed E-state index contributed by atoms with van der Waals surface area (Å²) in [6.07, 6.45) is 4.36. The van der Waals surface area contributed by atoms with Gasteiger partial charge in [0.05, 0.1) is 0 Å². The van der Waals surface area contributed by atoms with Crippen LogP contribution in [-0.2, 0) is 4.79 Å². The maximum atomic E-state index is 11.6. The van der Waals surface area contributed by atoms with E-state index in [0.717, 1.165) is 5.56 Å². The molecule has 0 bridgehead atoms. The van der Waals surface area contributed by atoms with E-state index in [1.165, 1.54) is 18.5 Å². The predicted octanol–water partition coefficient (Wildman–Crippen LogP) is 3.44. The van der Waals surface area contributed by atoms with E-state index in [-0.39, 0.29) is 11.1 Å². The van der Waals surface area contributed by atoms with Crippen molar-refractivity contribution in [1.29, 1.82) is 0 Å². The van der Waals surface area contributed by atoms with E-state index in [1.54, 1.807) is 18.2 Å². The molecule has 1 aromatic carbocycles. The fraction of sp³-hybridized carbons (Fsp3) is 0. The van der Waals surface area contributed by atoms with Gasteiger partial charge in [0.15, 0.2) is 0 Å². The molecule has 0 spiro atoms. The lowest BCUT2D eigenvalue weighted by atomic mass is 10.2. The molecule has 1 amide bonds. The molecule has 0 radical (unpaired) electrons. The highest BCUT2D eigenvalue weighted by Gasteiger charge is 2.00. The zero-order chi connectivity index (χ0) is 13.7. The van der Waals surface area contributed by atoms with Crippen LogP contribution >= 0.6 is 23.2 Å². The molecule has 96 valence electrons. The van der Waals surface area contributed by atoms with Crippen LogP contribution in [0.2, 0.25) is 10.2 Å². The molecule has 2 rings (SSSR count). The molecule has 0 fully saturated rings. The highest BCUT2D eigenvalue weighted by atomic mass is 35.5. The van der Waals surface area contributed by atoms with Crippen LogP contribution in [0.15, 0.2) is 42.7 Å². The molecular formula is C13H9Cl2N3O. The Labute approximate surface area is 120 Å². The number of nitrogens with zero attached hydrogens (tertiary/aromatic N) is 2. The van der Waals surface area contributed by atoms with E-state index < -0.39 is 0 Å². The van der Waals surface area contributed by atoms with Crippen molar-refractivity contribution >= 4 is 41.0 Å². The third-order valence-corrected chi connectivity index (χ3v) is 2.64. The van der Waals surface area contributed by atoms with Crippen LogP contribution in [0.25, 0.3) is 6.08 Å². The maximum absolute atomic E-state index is 11.6. The second-order valence-corrected chi connectivity index (χ2v) is 4.42. The molecule has 4 nitrogen and oxygen atoms in total. The smallest absolute Gasteiger partial charge is 0.249 e. The molecule has 19 heavy (non-hydrogen) atoms. The number of hydrogen-bond donors (Lipinski definition) is 1. The second kappa shape index (κ2) is 6.31. The third-order valence-electron chi connectivity index (χ3n) is 2.18. The first-order valence-corrected chi connectivity index (χ1v) is 6.11. The van der Waals surface area contributed by atoms with Crippen LogP contribution < -0.4 is 5.32 Å². The minimum absolute atomic E-state index is 0.270. The van der Waals surface area contributed by atoms with Gasteiger partial charge in [0, 0.05) is 17.2 Å². The van der Waals surface area contributed by atoms with Crippen molar-refractivity contribution < 1.29 is 4.79 Å². The number of halogens is 2. The van der Waals surface area contributed by atoms with Crippen molar-refractivity contribution in [2.75, 3.05) is 5.32 Å². The molecule has 0 aliphatic carbocycles. The summed E-state index contributed by atoms with van der Waals surface area (Å²) in [7, 11) is 0. The number of rotatable bonds is 3. The van der Waals surface area contributed by atoms with Crippen LogP contribution in [-0.4, -0.2) is 15.9 Å². The Morgan fingerprint density at radius 1 is 1.16 bits per heavy atom. The highest BCUT2D eigenvalue weighted by molar-refractivity contribution is 6.30. The van der Waals surface area contributed by atoms with Crippen molar-refractivity contribution in [2.24, 2.45) is 0 Å². The van der Waals surface area contributed by atoms with Crippen LogP contribution in [0.3, 0.4) is 0 Å². The summed E-state index contributed by atoms with van der Waals surface area (Å²) < 4.78 is 0. The van der Waals surface area contributed by atoms with E-state index in [4.69, 9.17) is 23.2 Å². The van der Waals surface area contributed by atoms with Crippen molar-refractivity contribution in [3.63, 3.8) is 0 Å². The molecule has 1 aromatic heterocycles. The van der Waals surface area contributed by atoms with Crippen LogP contribution in [0.1, 0.15) is 5.56 Å². The Hall–Kier alpha value is -1.91. The monoisotopic (exact) mass is 293 g/mol. The summed E-state index contributed by atoms with van der Waals surface area (Å²) in [6.45, 7) is 0. The largest absolute Gasteiger partial charge is 0.307 e. The van der Waals surface area contributed by atoms with Crippen LogP contribution in [0.5, 0.6) is 0 Å². The zero-order valence-corrected chi connectivity index (χ0v) is 11.2. The second-order valence-electron chi connectivity index (χ2n) is 3.60. The van der Waals surface area contributed by atoms with Crippen molar-refractivity contribution in [1.82, 2.24) is 9.97 Å². The van der Waals surface area contributed by atoms with Crippen LogP contribution in [0.4, 0.5) is 5.82 Å². The number of anilines is 1. The summed E-state index contributed by atoms with van der Waals surface area (Å²) in [5.74, 6) is 0.0514.